The Morgan fingerprint density at radius 1 is 1.38 bits per heavy atom. The molecule has 0 aliphatic carbocycles. The topological polar surface area (TPSA) is 24.8 Å². The Morgan fingerprint density at radius 2 is 2.08 bits per heavy atom. The fourth-order valence-corrected chi connectivity index (χ4v) is 2.43. The van der Waals surface area contributed by atoms with Gasteiger partial charge in [0.2, 0.25) is 0 Å². The fraction of sp³-hybridized carbons (Fsp3) is 0.875. The first kappa shape index (κ1) is 9.93. The summed E-state index contributed by atoms with van der Waals surface area (Å²) in [4.78, 5) is 7.76. The molecule has 2 fully saturated rings. The van der Waals surface area contributed by atoms with Gasteiger partial charge in [-0.2, -0.15) is 0 Å². The van der Waals surface area contributed by atoms with Crippen molar-refractivity contribution in [2.75, 3.05) is 26.2 Å². The standard InChI is InChI=1S/C8H12Br2N2O/c9-7(10)11-13-6-8-1-3-12(5-8)4-2-8/h1-6H2. The van der Waals surface area contributed by atoms with Gasteiger partial charge in [0.15, 0.2) is 3.53 Å². The summed E-state index contributed by atoms with van der Waals surface area (Å²) in [5.41, 5.74) is 0.402. The van der Waals surface area contributed by atoms with Crippen molar-refractivity contribution in [1.82, 2.24) is 4.90 Å². The summed E-state index contributed by atoms with van der Waals surface area (Å²) in [7, 11) is 0. The summed E-state index contributed by atoms with van der Waals surface area (Å²) in [6.45, 7) is 4.43. The summed E-state index contributed by atoms with van der Waals surface area (Å²) in [5, 5.41) is 3.83. The summed E-state index contributed by atoms with van der Waals surface area (Å²) < 4.78 is 0.629. The van der Waals surface area contributed by atoms with Gasteiger partial charge in [0.05, 0.1) is 0 Å². The van der Waals surface area contributed by atoms with Gasteiger partial charge < -0.3 is 9.74 Å². The molecular formula is C8H12Br2N2O. The van der Waals surface area contributed by atoms with Crippen molar-refractivity contribution >= 4 is 35.4 Å². The third-order valence-corrected chi connectivity index (χ3v) is 3.27. The van der Waals surface area contributed by atoms with E-state index in [4.69, 9.17) is 4.84 Å². The third-order valence-electron chi connectivity index (χ3n) is 2.98. The molecule has 0 aromatic heterocycles. The van der Waals surface area contributed by atoms with Gasteiger partial charge in [0.25, 0.3) is 0 Å². The lowest BCUT2D eigenvalue weighted by Crippen LogP contribution is -2.24. The molecule has 3 nitrogen and oxygen atoms in total. The maximum atomic E-state index is 5.27. The van der Waals surface area contributed by atoms with Crippen molar-refractivity contribution in [3.8, 4) is 0 Å². The largest absolute Gasteiger partial charge is 0.394 e. The van der Waals surface area contributed by atoms with E-state index >= 15 is 0 Å². The molecule has 13 heavy (non-hydrogen) atoms. The second-order valence-corrected chi connectivity index (χ2v) is 6.45. The van der Waals surface area contributed by atoms with Crippen molar-refractivity contribution in [1.29, 1.82) is 0 Å². The predicted molar refractivity (Wildman–Crippen MR) is 59.3 cm³/mol. The van der Waals surface area contributed by atoms with Crippen LogP contribution in [0.2, 0.25) is 0 Å². The average molecular weight is 312 g/mol. The van der Waals surface area contributed by atoms with Gasteiger partial charge >= 0.3 is 0 Å². The Kier molecular flexibility index (Phi) is 2.95. The zero-order valence-corrected chi connectivity index (χ0v) is 10.5. The van der Waals surface area contributed by atoms with Crippen molar-refractivity contribution in [3.63, 3.8) is 0 Å². The van der Waals surface area contributed by atoms with E-state index in [0.29, 0.717) is 8.95 Å². The highest BCUT2D eigenvalue weighted by Crippen LogP contribution is 2.40. The number of fused-ring (bicyclic) bond motifs is 2. The van der Waals surface area contributed by atoms with Crippen LogP contribution in [0.25, 0.3) is 0 Å². The number of halogens is 2. The molecule has 2 saturated heterocycles. The lowest BCUT2D eigenvalue weighted by molar-refractivity contribution is 0.0628. The van der Waals surface area contributed by atoms with Crippen molar-refractivity contribution in [3.05, 3.63) is 0 Å². The highest BCUT2D eigenvalue weighted by Gasteiger charge is 2.44. The van der Waals surface area contributed by atoms with Crippen LogP contribution in [-0.4, -0.2) is 34.7 Å². The first-order valence-electron chi connectivity index (χ1n) is 4.44. The van der Waals surface area contributed by atoms with Crippen molar-refractivity contribution in [2.45, 2.75) is 12.8 Å². The number of oxime groups is 1. The SMILES string of the molecule is BrC(Br)=NOCC12CCN(CC1)C2. The van der Waals surface area contributed by atoms with Crippen LogP contribution in [0.3, 0.4) is 0 Å². The highest BCUT2D eigenvalue weighted by molar-refractivity contribution is 9.39. The molecule has 0 unspecified atom stereocenters. The predicted octanol–water partition coefficient (Wildman–Crippen LogP) is 2.16. The molecule has 0 amide bonds. The molecule has 0 aromatic carbocycles. The highest BCUT2D eigenvalue weighted by atomic mass is 79.9. The van der Waals surface area contributed by atoms with E-state index in [1.807, 2.05) is 0 Å². The summed E-state index contributed by atoms with van der Waals surface area (Å²) in [6, 6.07) is 0. The van der Waals surface area contributed by atoms with Gasteiger partial charge in [-0.1, -0.05) is 5.16 Å². The minimum atomic E-state index is 0.402. The Labute approximate surface area is 94.7 Å². The van der Waals surface area contributed by atoms with Crippen molar-refractivity contribution < 1.29 is 4.84 Å². The van der Waals surface area contributed by atoms with E-state index in [-0.39, 0.29) is 0 Å². The molecule has 2 bridgehead atoms. The zero-order valence-electron chi connectivity index (χ0n) is 7.30. The van der Waals surface area contributed by atoms with E-state index < -0.39 is 0 Å². The smallest absolute Gasteiger partial charge is 0.187 e. The number of hydrogen-bond donors (Lipinski definition) is 0. The van der Waals surface area contributed by atoms with Gasteiger partial charge in [0.1, 0.15) is 6.61 Å². The van der Waals surface area contributed by atoms with Crippen molar-refractivity contribution in [2.24, 2.45) is 10.6 Å². The quantitative estimate of drug-likeness (QED) is 0.589. The molecule has 0 saturated carbocycles. The Bertz CT molecular complexity index is 220. The van der Waals surface area contributed by atoms with Crippen LogP contribution < -0.4 is 0 Å². The minimum Gasteiger partial charge on any atom is -0.394 e. The van der Waals surface area contributed by atoms with E-state index in [1.54, 1.807) is 0 Å². The van der Waals surface area contributed by atoms with E-state index in [2.05, 4.69) is 41.9 Å². The van der Waals surface area contributed by atoms with Gasteiger partial charge in [-0.3, -0.25) is 0 Å². The minimum absolute atomic E-state index is 0.402. The average Bonchev–Trinajstić information content (AvgIpc) is 2.62. The molecule has 0 spiro atoms. The number of hydrogen-bond acceptors (Lipinski definition) is 3. The Hall–Kier alpha value is 0.390. The van der Waals surface area contributed by atoms with Crippen LogP contribution in [0.1, 0.15) is 12.8 Å². The molecule has 2 rings (SSSR count). The number of nitrogens with zero attached hydrogens (tertiary/aromatic N) is 2. The molecule has 0 radical (unpaired) electrons. The van der Waals surface area contributed by atoms with Crippen LogP contribution >= 0.6 is 31.9 Å². The second kappa shape index (κ2) is 3.87. The maximum absolute atomic E-state index is 5.27. The third kappa shape index (κ3) is 2.25. The van der Waals surface area contributed by atoms with Crippen LogP contribution in [0, 0.1) is 5.41 Å². The molecule has 2 heterocycles. The normalized spacial score (nSPS) is 36.3. The molecule has 74 valence electrons. The fourth-order valence-electron chi connectivity index (χ4n) is 2.23. The monoisotopic (exact) mass is 310 g/mol. The van der Waals surface area contributed by atoms with Crippen LogP contribution in [-0.2, 0) is 4.84 Å². The number of piperidine rings is 1. The second-order valence-electron chi connectivity index (χ2n) is 3.88. The Balaban J connectivity index is 1.84. The molecule has 2 aliphatic heterocycles. The maximum Gasteiger partial charge on any atom is 0.187 e. The molecule has 0 aromatic rings. The first-order valence-corrected chi connectivity index (χ1v) is 6.02. The molecular weight excluding hydrogens is 300 g/mol. The summed E-state index contributed by atoms with van der Waals surface area (Å²) in [6.07, 6.45) is 2.53. The summed E-state index contributed by atoms with van der Waals surface area (Å²) in [5.74, 6) is 0. The van der Waals surface area contributed by atoms with E-state index in [9.17, 15) is 0 Å². The summed E-state index contributed by atoms with van der Waals surface area (Å²) >= 11 is 6.33. The van der Waals surface area contributed by atoms with Gasteiger partial charge in [-0.25, -0.2) is 0 Å². The van der Waals surface area contributed by atoms with E-state index in [0.717, 1.165) is 6.61 Å². The lowest BCUT2D eigenvalue weighted by Gasteiger charge is -2.22. The first-order chi connectivity index (χ1) is 6.20. The number of rotatable bonds is 3. The van der Waals surface area contributed by atoms with Gasteiger partial charge in [0, 0.05) is 12.0 Å². The van der Waals surface area contributed by atoms with Crippen LogP contribution in [0.5, 0.6) is 0 Å². The Morgan fingerprint density at radius 3 is 2.54 bits per heavy atom. The van der Waals surface area contributed by atoms with E-state index in [1.165, 1.54) is 32.5 Å². The molecule has 5 heteroatoms. The van der Waals surface area contributed by atoms with Gasteiger partial charge in [-0.15, -0.1) is 0 Å². The molecule has 0 atom stereocenters. The molecule has 0 N–H and O–H groups in total. The zero-order chi connectivity index (χ0) is 9.31. The molecule has 2 aliphatic rings. The van der Waals surface area contributed by atoms with Gasteiger partial charge in [-0.05, 0) is 57.8 Å². The van der Waals surface area contributed by atoms with Crippen LogP contribution in [0.4, 0.5) is 0 Å². The lowest BCUT2D eigenvalue weighted by atomic mass is 9.86. The van der Waals surface area contributed by atoms with Crippen LogP contribution in [0.15, 0.2) is 5.16 Å².